The summed E-state index contributed by atoms with van der Waals surface area (Å²) in [5, 5.41) is 12.9. The van der Waals surface area contributed by atoms with Crippen LogP contribution in [0.15, 0.2) is 0 Å². The molecule has 0 saturated heterocycles. The van der Waals surface area contributed by atoms with E-state index in [1.807, 2.05) is 0 Å². The Kier molecular flexibility index (Phi) is 5.75. The second-order valence-corrected chi connectivity index (χ2v) is 4.96. The zero-order valence-electron chi connectivity index (χ0n) is 8.98. The summed E-state index contributed by atoms with van der Waals surface area (Å²) in [7, 11) is -3.27. The fraction of sp³-hybridized carbons (Fsp3) is 0.714. The summed E-state index contributed by atoms with van der Waals surface area (Å²) in [5.74, 6) is -1.15. The molecule has 9 heteroatoms. The van der Waals surface area contributed by atoms with Gasteiger partial charge in [-0.15, -0.1) is 0 Å². The van der Waals surface area contributed by atoms with Crippen LogP contribution in [0, 0.1) is 0 Å². The van der Waals surface area contributed by atoms with Crippen molar-refractivity contribution in [2.45, 2.75) is 13.0 Å². The number of carbonyl (C=O) groups is 2. The minimum absolute atomic E-state index is 0.0493. The van der Waals surface area contributed by atoms with Crippen LogP contribution in [0.2, 0.25) is 0 Å². The van der Waals surface area contributed by atoms with E-state index < -0.39 is 28.1 Å². The van der Waals surface area contributed by atoms with Crippen molar-refractivity contribution in [2.24, 2.45) is 0 Å². The number of urea groups is 1. The molecule has 0 saturated carbocycles. The van der Waals surface area contributed by atoms with Gasteiger partial charge in [0.15, 0.2) is 0 Å². The predicted octanol–water partition coefficient (Wildman–Crippen LogP) is -1.69. The molecule has 1 atom stereocenters. The molecule has 0 aromatic heterocycles. The van der Waals surface area contributed by atoms with Gasteiger partial charge in [0.1, 0.15) is 6.04 Å². The largest absolute Gasteiger partial charge is 0.480 e. The van der Waals surface area contributed by atoms with E-state index in [1.165, 1.54) is 6.92 Å². The number of nitrogens with one attached hydrogen (secondary N) is 3. The number of carbonyl (C=O) groups excluding carboxylic acids is 1. The molecule has 0 spiro atoms. The standard InChI is InChI=1S/C7H15N3O5S/c1-5(6(11)12)10-7(13)8-3-4-9-16(2,14)15/h5,9H,3-4H2,1-2H3,(H,11,12)(H2,8,10,13)/t5-/m0/s1. The van der Waals surface area contributed by atoms with Crippen LogP contribution in [0.25, 0.3) is 0 Å². The zero-order chi connectivity index (χ0) is 12.8. The summed E-state index contributed by atoms with van der Waals surface area (Å²) in [4.78, 5) is 21.4. The van der Waals surface area contributed by atoms with Crippen LogP contribution >= 0.6 is 0 Å². The first-order valence-electron chi connectivity index (χ1n) is 4.44. The van der Waals surface area contributed by atoms with E-state index in [4.69, 9.17) is 5.11 Å². The average Bonchev–Trinajstić information content (AvgIpc) is 2.10. The van der Waals surface area contributed by atoms with Gasteiger partial charge in [0.2, 0.25) is 10.0 Å². The molecule has 4 N–H and O–H groups in total. The lowest BCUT2D eigenvalue weighted by molar-refractivity contribution is -0.138. The lowest BCUT2D eigenvalue weighted by Crippen LogP contribution is -2.46. The molecule has 94 valence electrons. The van der Waals surface area contributed by atoms with E-state index in [2.05, 4.69) is 15.4 Å². The van der Waals surface area contributed by atoms with Crippen LogP contribution in [0.1, 0.15) is 6.92 Å². The van der Waals surface area contributed by atoms with Gasteiger partial charge >= 0.3 is 12.0 Å². The third kappa shape index (κ3) is 8.00. The van der Waals surface area contributed by atoms with Gasteiger partial charge in [-0.3, -0.25) is 4.79 Å². The molecule has 0 fully saturated rings. The molecule has 0 aliphatic rings. The van der Waals surface area contributed by atoms with Gasteiger partial charge in [-0.05, 0) is 6.92 Å². The Bertz CT molecular complexity index is 353. The Labute approximate surface area is 93.5 Å². The molecule has 0 heterocycles. The van der Waals surface area contributed by atoms with E-state index in [0.717, 1.165) is 6.26 Å². The van der Waals surface area contributed by atoms with Crippen molar-refractivity contribution >= 4 is 22.0 Å². The van der Waals surface area contributed by atoms with Gasteiger partial charge in [-0.25, -0.2) is 17.9 Å². The zero-order valence-corrected chi connectivity index (χ0v) is 9.80. The molecule has 0 aliphatic carbocycles. The molecule has 2 amide bonds. The number of carboxylic acids is 1. The van der Waals surface area contributed by atoms with Crippen LogP contribution in [-0.2, 0) is 14.8 Å². The lowest BCUT2D eigenvalue weighted by Gasteiger charge is -2.10. The van der Waals surface area contributed by atoms with Crippen molar-refractivity contribution in [3.63, 3.8) is 0 Å². The van der Waals surface area contributed by atoms with Crippen molar-refractivity contribution in [3.8, 4) is 0 Å². The first kappa shape index (κ1) is 14.6. The summed E-state index contributed by atoms with van der Waals surface area (Å²) in [6.07, 6.45) is 1.000. The molecule has 0 aromatic rings. The van der Waals surface area contributed by atoms with Crippen molar-refractivity contribution in [1.82, 2.24) is 15.4 Å². The second kappa shape index (κ2) is 6.28. The van der Waals surface area contributed by atoms with Gasteiger partial charge in [0, 0.05) is 13.1 Å². The van der Waals surface area contributed by atoms with Crippen molar-refractivity contribution in [2.75, 3.05) is 19.3 Å². The highest BCUT2D eigenvalue weighted by Gasteiger charge is 2.12. The van der Waals surface area contributed by atoms with Crippen LogP contribution in [0.5, 0.6) is 0 Å². The highest BCUT2D eigenvalue weighted by molar-refractivity contribution is 7.88. The fourth-order valence-electron chi connectivity index (χ4n) is 0.722. The quantitative estimate of drug-likeness (QED) is 0.420. The summed E-state index contributed by atoms with van der Waals surface area (Å²) in [6.45, 7) is 1.44. The Balaban J connectivity index is 3.71. The van der Waals surface area contributed by atoms with Crippen molar-refractivity contribution in [1.29, 1.82) is 0 Å². The third-order valence-corrected chi connectivity index (χ3v) is 2.22. The van der Waals surface area contributed by atoms with Crippen LogP contribution in [0.3, 0.4) is 0 Å². The third-order valence-electron chi connectivity index (χ3n) is 1.49. The highest BCUT2D eigenvalue weighted by Crippen LogP contribution is 1.80. The van der Waals surface area contributed by atoms with E-state index in [-0.39, 0.29) is 13.1 Å². The summed E-state index contributed by atoms with van der Waals surface area (Å²) >= 11 is 0. The molecule has 8 nitrogen and oxygen atoms in total. The molecule has 0 unspecified atom stereocenters. The maximum atomic E-state index is 11.0. The van der Waals surface area contributed by atoms with E-state index in [1.54, 1.807) is 0 Å². The monoisotopic (exact) mass is 253 g/mol. The molecule has 16 heavy (non-hydrogen) atoms. The Morgan fingerprint density at radius 3 is 2.31 bits per heavy atom. The molecule has 0 rings (SSSR count). The molecule has 0 aromatic carbocycles. The highest BCUT2D eigenvalue weighted by atomic mass is 32.2. The smallest absolute Gasteiger partial charge is 0.325 e. The SMILES string of the molecule is C[C@H](NC(=O)NCCNS(C)(=O)=O)C(=O)O. The minimum Gasteiger partial charge on any atom is -0.480 e. The first-order valence-corrected chi connectivity index (χ1v) is 6.33. The first-order chi connectivity index (χ1) is 7.22. The van der Waals surface area contributed by atoms with Gasteiger partial charge in [-0.2, -0.15) is 0 Å². The van der Waals surface area contributed by atoms with Gasteiger partial charge in [-0.1, -0.05) is 0 Å². The van der Waals surface area contributed by atoms with Crippen molar-refractivity contribution in [3.05, 3.63) is 0 Å². The summed E-state index contributed by atoms with van der Waals surface area (Å²) in [5.41, 5.74) is 0. The Morgan fingerprint density at radius 2 is 1.88 bits per heavy atom. The number of aliphatic carboxylic acids is 1. The Hall–Kier alpha value is -1.35. The van der Waals surface area contributed by atoms with Gasteiger partial charge < -0.3 is 15.7 Å². The summed E-state index contributed by atoms with van der Waals surface area (Å²) < 4.78 is 23.4. The van der Waals surface area contributed by atoms with Gasteiger partial charge in [0.25, 0.3) is 0 Å². The predicted molar refractivity (Wildman–Crippen MR) is 56.5 cm³/mol. The molecule has 0 aliphatic heterocycles. The number of carboxylic acid groups (broad SMARTS) is 1. The van der Waals surface area contributed by atoms with Crippen LogP contribution in [0.4, 0.5) is 4.79 Å². The van der Waals surface area contributed by atoms with E-state index >= 15 is 0 Å². The normalized spacial score (nSPS) is 12.9. The van der Waals surface area contributed by atoms with Crippen LogP contribution in [-0.4, -0.2) is 50.9 Å². The van der Waals surface area contributed by atoms with Gasteiger partial charge in [0.05, 0.1) is 6.26 Å². The summed E-state index contributed by atoms with van der Waals surface area (Å²) in [6, 6.07) is -1.66. The topological polar surface area (TPSA) is 125 Å². The minimum atomic E-state index is -3.27. The number of sulfonamides is 1. The maximum Gasteiger partial charge on any atom is 0.325 e. The molecule has 0 bridgehead atoms. The number of hydrogen-bond donors (Lipinski definition) is 4. The van der Waals surface area contributed by atoms with E-state index in [0.29, 0.717) is 0 Å². The van der Waals surface area contributed by atoms with E-state index in [9.17, 15) is 18.0 Å². The van der Waals surface area contributed by atoms with Crippen LogP contribution < -0.4 is 15.4 Å². The average molecular weight is 253 g/mol. The lowest BCUT2D eigenvalue weighted by atomic mass is 10.3. The number of hydrogen-bond acceptors (Lipinski definition) is 4. The number of rotatable bonds is 6. The Morgan fingerprint density at radius 1 is 1.31 bits per heavy atom. The molecular weight excluding hydrogens is 238 g/mol. The molecule has 0 radical (unpaired) electrons. The van der Waals surface area contributed by atoms with Crippen molar-refractivity contribution < 1.29 is 23.1 Å². The second-order valence-electron chi connectivity index (χ2n) is 3.13. The fourth-order valence-corrected chi connectivity index (χ4v) is 1.19. The molecular formula is C7H15N3O5S. The number of amides is 2. The maximum absolute atomic E-state index is 11.0.